The van der Waals surface area contributed by atoms with E-state index in [9.17, 15) is 0 Å². The number of methoxy groups -OCH3 is 1. The molecule has 0 aromatic rings. The second-order valence-corrected chi connectivity index (χ2v) is 12.9. The minimum absolute atomic E-state index is 0.113. The largest absolute Gasteiger partial charge is 0.394 e. The lowest BCUT2D eigenvalue weighted by molar-refractivity contribution is -0.0802. The number of alkyl halides is 1. The lowest BCUT2D eigenvalue weighted by Crippen LogP contribution is -2.40. The summed E-state index contributed by atoms with van der Waals surface area (Å²) in [5.74, 6) is 0. The van der Waals surface area contributed by atoms with Gasteiger partial charge in [-0.25, -0.2) is 0 Å². The van der Waals surface area contributed by atoms with E-state index in [4.69, 9.17) is 13.6 Å². The first kappa shape index (κ1) is 30.3. The topological polar surface area (TPSA) is 27.7 Å². The number of rotatable bonds is 23. The molecular weight excluding hydrogens is 456 g/mol. The van der Waals surface area contributed by atoms with Crippen molar-refractivity contribution in [1.29, 1.82) is 0 Å². The van der Waals surface area contributed by atoms with Gasteiger partial charge in [-0.05, 0) is 64.5 Å². The fraction of sp³-hybridized carbons (Fsp3) is 0.920. The van der Waals surface area contributed by atoms with Crippen molar-refractivity contribution in [3.63, 3.8) is 0 Å². The van der Waals surface area contributed by atoms with Crippen LogP contribution in [0.5, 0.6) is 0 Å². The van der Waals surface area contributed by atoms with Crippen molar-refractivity contribution < 1.29 is 13.6 Å². The quantitative estimate of drug-likeness (QED) is 0.0454. The van der Waals surface area contributed by atoms with Gasteiger partial charge in [0.15, 0.2) is 0 Å². The Morgan fingerprint density at radius 2 is 1.33 bits per heavy atom. The molecule has 0 radical (unpaired) electrons. The molecule has 0 aliphatic heterocycles. The Morgan fingerprint density at radius 3 is 1.90 bits per heavy atom. The number of ether oxygens (including phenoxy) is 1. The van der Waals surface area contributed by atoms with E-state index in [1.807, 2.05) is 0 Å². The maximum atomic E-state index is 6.16. The highest BCUT2D eigenvalue weighted by Gasteiger charge is 2.28. The molecule has 1 unspecified atom stereocenters. The summed E-state index contributed by atoms with van der Waals surface area (Å²) in [7, 11) is -0.341. The van der Waals surface area contributed by atoms with Crippen LogP contribution in [0.15, 0.2) is 12.2 Å². The van der Waals surface area contributed by atoms with E-state index in [2.05, 4.69) is 48.1 Å². The molecule has 0 spiro atoms. The van der Waals surface area contributed by atoms with Gasteiger partial charge in [0, 0.05) is 19.0 Å². The molecule has 0 fully saturated rings. The van der Waals surface area contributed by atoms with Crippen molar-refractivity contribution in [3.8, 4) is 0 Å². The molecule has 0 amide bonds. The number of allylic oxidation sites excluding steroid dienone is 2. The van der Waals surface area contributed by atoms with E-state index >= 15 is 0 Å². The number of hydrogen-bond acceptors (Lipinski definition) is 3. The summed E-state index contributed by atoms with van der Waals surface area (Å²) in [5, 5.41) is 1.04. The molecule has 0 aromatic carbocycles. The predicted molar refractivity (Wildman–Crippen MR) is 138 cm³/mol. The minimum Gasteiger partial charge on any atom is -0.394 e. The zero-order chi connectivity index (χ0) is 22.3. The molecule has 0 aliphatic carbocycles. The van der Waals surface area contributed by atoms with E-state index in [0.29, 0.717) is 0 Å². The Balaban J connectivity index is 3.54. The third-order valence-corrected chi connectivity index (χ3v) is 7.65. The van der Waals surface area contributed by atoms with Crippen LogP contribution in [0.25, 0.3) is 0 Å². The van der Waals surface area contributed by atoms with Crippen LogP contribution in [0.1, 0.15) is 110 Å². The molecule has 1 atom stereocenters. The van der Waals surface area contributed by atoms with Crippen LogP contribution in [0.4, 0.5) is 0 Å². The summed E-state index contributed by atoms with van der Waals surface area (Å²) in [6.07, 6.45) is 25.1. The lowest BCUT2D eigenvalue weighted by atomic mass is 10.1. The van der Waals surface area contributed by atoms with Gasteiger partial charge in [-0.1, -0.05) is 86.4 Å². The maximum absolute atomic E-state index is 6.16. The van der Waals surface area contributed by atoms with Crippen LogP contribution in [0, 0.1) is 0 Å². The molecule has 0 bridgehead atoms. The Labute approximate surface area is 198 Å². The third kappa shape index (κ3) is 21.5. The van der Waals surface area contributed by atoms with E-state index in [1.165, 1.54) is 83.5 Å². The van der Waals surface area contributed by atoms with Gasteiger partial charge in [-0.3, -0.25) is 0 Å². The number of halogens is 1. The second-order valence-electron chi connectivity index (χ2n) is 8.80. The molecule has 3 nitrogen and oxygen atoms in total. The highest BCUT2D eigenvalue weighted by Crippen LogP contribution is 2.17. The average Bonchev–Trinajstić information content (AvgIpc) is 2.73. The second kappa shape index (κ2) is 22.5. The lowest BCUT2D eigenvalue weighted by Gasteiger charge is -2.28. The van der Waals surface area contributed by atoms with Crippen LogP contribution in [-0.4, -0.2) is 33.9 Å². The predicted octanol–water partition coefficient (Wildman–Crippen LogP) is 8.91. The van der Waals surface area contributed by atoms with Gasteiger partial charge in [-0.15, -0.1) is 0 Å². The maximum Gasteiger partial charge on any atom is 0.333 e. The summed E-state index contributed by atoms with van der Waals surface area (Å²) < 4.78 is 17.7. The highest BCUT2D eigenvalue weighted by atomic mass is 79.9. The van der Waals surface area contributed by atoms with E-state index in [0.717, 1.165) is 31.2 Å². The van der Waals surface area contributed by atoms with Crippen molar-refractivity contribution in [3.05, 3.63) is 12.2 Å². The Bertz CT molecular complexity index is 377. The summed E-state index contributed by atoms with van der Waals surface area (Å²) in [5.41, 5.74) is 0. The normalized spacial score (nSPS) is 13.4. The van der Waals surface area contributed by atoms with Crippen molar-refractivity contribution >= 4 is 24.5 Å². The molecule has 0 aromatic heterocycles. The van der Waals surface area contributed by atoms with Crippen molar-refractivity contribution in [2.45, 2.75) is 129 Å². The molecular formula is C25H51BrO3Si. The van der Waals surface area contributed by atoms with E-state index in [1.54, 1.807) is 7.11 Å². The minimum atomic E-state index is -2.09. The molecule has 0 aliphatic rings. The Morgan fingerprint density at radius 1 is 0.767 bits per heavy atom. The van der Waals surface area contributed by atoms with E-state index in [-0.39, 0.29) is 6.29 Å². The van der Waals surface area contributed by atoms with Gasteiger partial charge < -0.3 is 13.6 Å². The van der Waals surface area contributed by atoms with Crippen LogP contribution in [0.3, 0.4) is 0 Å². The zero-order valence-corrected chi connectivity index (χ0v) is 23.1. The Kier molecular flexibility index (Phi) is 22.7. The first-order chi connectivity index (χ1) is 14.6. The summed E-state index contributed by atoms with van der Waals surface area (Å²) in [6, 6.07) is 0. The average molecular weight is 508 g/mol. The smallest absolute Gasteiger partial charge is 0.333 e. The third-order valence-electron chi connectivity index (χ3n) is 5.36. The number of hydrogen-bond donors (Lipinski definition) is 0. The van der Waals surface area contributed by atoms with Crippen LogP contribution in [-0.2, 0) is 13.6 Å². The van der Waals surface area contributed by atoms with Crippen molar-refractivity contribution in [1.82, 2.24) is 0 Å². The standard InChI is InChI=1S/C25H51BrO3Si/c1-5-6-7-8-9-10-11-12-13-14-15-16-17-18-19-22-25(27-2)29-30(3,4)28-24-21-20-23-26/h9-10,25H,5-8,11-24H2,1-4H3/b10-9-. The summed E-state index contributed by atoms with van der Waals surface area (Å²) in [4.78, 5) is 0. The first-order valence-corrected chi connectivity index (χ1v) is 16.5. The molecule has 180 valence electrons. The molecule has 0 saturated carbocycles. The highest BCUT2D eigenvalue weighted by molar-refractivity contribution is 9.09. The summed E-state index contributed by atoms with van der Waals surface area (Å²) >= 11 is 3.46. The molecule has 0 heterocycles. The zero-order valence-electron chi connectivity index (χ0n) is 20.6. The van der Waals surface area contributed by atoms with Crippen LogP contribution >= 0.6 is 15.9 Å². The fourth-order valence-corrected chi connectivity index (χ4v) is 5.42. The molecule has 5 heteroatoms. The van der Waals surface area contributed by atoms with Gasteiger partial charge in [0.2, 0.25) is 0 Å². The van der Waals surface area contributed by atoms with Gasteiger partial charge >= 0.3 is 8.56 Å². The van der Waals surface area contributed by atoms with Gasteiger partial charge in [-0.2, -0.15) is 0 Å². The van der Waals surface area contributed by atoms with Gasteiger partial charge in [0.25, 0.3) is 0 Å². The van der Waals surface area contributed by atoms with Crippen molar-refractivity contribution in [2.24, 2.45) is 0 Å². The molecule has 0 rings (SSSR count). The van der Waals surface area contributed by atoms with Crippen LogP contribution < -0.4 is 0 Å². The van der Waals surface area contributed by atoms with Crippen molar-refractivity contribution in [2.75, 3.05) is 19.0 Å². The van der Waals surface area contributed by atoms with Gasteiger partial charge in [0.05, 0.1) is 0 Å². The number of unbranched alkanes of at least 4 members (excludes halogenated alkanes) is 12. The van der Waals surface area contributed by atoms with Gasteiger partial charge in [0.1, 0.15) is 6.29 Å². The Hall–Kier alpha value is 0.317. The molecule has 0 N–H and O–H groups in total. The monoisotopic (exact) mass is 506 g/mol. The fourth-order valence-electron chi connectivity index (χ4n) is 3.47. The SMILES string of the molecule is CCCCC/C=C\CCCCCCCCCCC(OC)O[Si](C)(C)OCCCCBr. The van der Waals surface area contributed by atoms with E-state index < -0.39 is 8.56 Å². The molecule has 0 saturated heterocycles. The summed E-state index contributed by atoms with van der Waals surface area (Å²) in [6.45, 7) is 7.30. The van der Waals surface area contributed by atoms with Crippen LogP contribution in [0.2, 0.25) is 13.1 Å². The first-order valence-electron chi connectivity index (χ1n) is 12.6. The molecule has 30 heavy (non-hydrogen) atoms.